The second-order valence-corrected chi connectivity index (χ2v) is 17.9. The van der Waals surface area contributed by atoms with Crippen LogP contribution in [0.4, 0.5) is 17.1 Å². The summed E-state index contributed by atoms with van der Waals surface area (Å²) in [6.07, 6.45) is 0. The van der Waals surface area contributed by atoms with Gasteiger partial charge in [0, 0.05) is 33.2 Å². The number of para-hydroxylation sites is 2. The van der Waals surface area contributed by atoms with Crippen LogP contribution >= 0.6 is 0 Å². The highest BCUT2D eigenvalue weighted by Crippen LogP contribution is 2.64. The van der Waals surface area contributed by atoms with Crippen LogP contribution in [0.1, 0.15) is 22.3 Å². The number of benzene rings is 11. The molecule has 0 bridgehead atoms. The summed E-state index contributed by atoms with van der Waals surface area (Å²) in [4.78, 5) is 2.39. The van der Waals surface area contributed by atoms with Gasteiger partial charge in [0.1, 0.15) is 0 Å². The third-order valence-electron chi connectivity index (χ3n) is 14.6. The van der Waals surface area contributed by atoms with Crippen molar-refractivity contribution in [3.63, 3.8) is 0 Å². The first-order valence-corrected chi connectivity index (χ1v) is 23.3. The van der Waals surface area contributed by atoms with Crippen LogP contribution in [-0.2, 0) is 5.41 Å². The summed E-state index contributed by atoms with van der Waals surface area (Å²) < 4.78 is 2.43. The van der Waals surface area contributed by atoms with Gasteiger partial charge in [-0.05, 0) is 127 Å². The summed E-state index contributed by atoms with van der Waals surface area (Å²) in [5.41, 5.74) is 22.1. The topological polar surface area (TPSA) is 8.17 Å². The molecule has 0 unspecified atom stereocenters. The second kappa shape index (κ2) is 14.7. The first-order valence-electron chi connectivity index (χ1n) is 23.3. The molecule has 0 aliphatic heterocycles. The Labute approximate surface area is 389 Å². The SMILES string of the molecule is c1ccc(N(c2ccc(-c3ccccc3-c3cccc4c3-c3ccccc3C43c4ccccc4-c4ccccc43)cc2)c2ccc3c(c2)c2ccccc2n3-c2cccc3ccccc23)cc1. The van der Waals surface area contributed by atoms with Gasteiger partial charge < -0.3 is 9.47 Å². The molecule has 0 fully saturated rings. The van der Waals surface area contributed by atoms with E-state index in [1.54, 1.807) is 0 Å². The van der Waals surface area contributed by atoms with Gasteiger partial charge in [0.25, 0.3) is 0 Å². The van der Waals surface area contributed by atoms with Crippen LogP contribution in [0.25, 0.3) is 82.8 Å². The van der Waals surface area contributed by atoms with E-state index in [2.05, 4.69) is 264 Å². The molecular formula is C65H42N2. The van der Waals surface area contributed by atoms with Gasteiger partial charge in [-0.15, -0.1) is 0 Å². The molecule has 0 saturated heterocycles. The lowest BCUT2D eigenvalue weighted by Crippen LogP contribution is -2.25. The first-order chi connectivity index (χ1) is 33.3. The molecule has 1 heterocycles. The average molecular weight is 851 g/mol. The van der Waals surface area contributed by atoms with Gasteiger partial charge in [0.15, 0.2) is 0 Å². The number of fused-ring (bicyclic) bond motifs is 14. The predicted octanol–water partition coefficient (Wildman–Crippen LogP) is 17.1. The molecular weight excluding hydrogens is 809 g/mol. The van der Waals surface area contributed by atoms with Crippen LogP contribution in [0.2, 0.25) is 0 Å². The second-order valence-electron chi connectivity index (χ2n) is 17.9. The Balaban J connectivity index is 0.902. The molecule has 2 aliphatic rings. The molecule has 1 spiro atoms. The molecule has 0 radical (unpaired) electrons. The van der Waals surface area contributed by atoms with Gasteiger partial charge in [-0.2, -0.15) is 0 Å². The Morgan fingerprint density at radius 3 is 1.57 bits per heavy atom. The summed E-state index contributed by atoms with van der Waals surface area (Å²) in [7, 11) is 0. The van der Waals surface area contributed by atoms with Crippen molar-refractivity contribution < 1.29 is 0 Å². The van der Waals surface area contributed by atoms with Crippen LogP contribution in [0, 0.1) is 0 Å². The minimum Gasteiger partial charge on any atom is -0.310 e. The number of hydrogen-bond acceptors (Lipinski definition) is 1. The molecule has 11 aromatic carbocycles. The lowest BCUT2D eigenvalue weighted by atomic mass is 9.70. The normalized spacial score (nSPS) is 12.9. The Morgan fingerprint density at radius 1 is 0.299 bits per heavy atom. The maximum Gasteiger partial charge on any atom is 0.0725 e. The molecule has 2 nitrogen and oxygen atoms in total. The van der Waals surface area contributed by atoms with E-state index in [0.29, 0.717) is 0 Å². The molecule has 14 rings (SSSR count). The minimum atomic E-state index is -0.388. The highest BCUT2D eigenvalue weighted by molar-refractivity contribution is 6.12. The fraction of sp³-hybridized carbons (Fsp3) is 0.0154. The summed E-state index contributed by atoms with van der Waals surface area (Å²) in [6.45, 7) is 0. The zero-order valence-corrected chi connectivity index (χ0v) is 36.6. The van der Waals surface area contributed by atoms with Crippen molar-refractivity contribution >= 4 is 49.6 Å². The molecule has 1 aromatic heterocycles. The fourth-order valence-electron chi connectivity index (χ4n) is 11.9. The van der Waals surface area contributed by atoms with E-state index in [1.807, 2.05) is 0 Å². The zero-order chi connectivity index (χ0) is 44.1. The largest absolute Gasteiger partial charge is 0.310 e. The third-order valence-corrected chi connectivity index (χ3v) is 14.6. The molecule has 312 valence electrons. The number of hydrogen-bond donors (Lipinski definition) is 0. The zero-order valence-electron chi connectivity index (χ0n) is 36.6. The van der Waals surface area contributed by atoms with E-state index in [1.165, 1.54) is 105 Å². The van der Waals surface area contributed by atoms with Crippen LogP contribution in [0.5, 0.6) is 0 Å². The molecule has 0 amide bonds. The highest BCUT2D eigenvalue weighted by atomic mass is 15.1. The van der Waals surface area contributed by atoms with Gasteiger partial charge in [0.05, 0.1) is 22.1 Å². The van der Waals surface area contributed by atoms with Crippen molar-refractivity contribution in [3.05, 3.63) is 277 Å². The van der Waals surface area contributed by atoms with Crippen molar-refractivity contribution in [2.75, 3.05) is 4.90 Å². The van der Waals surface area contributed by atoms with E-state index in [0.717, 1.165) is 17.1 Å². The van der Waals surface area contributed by atoms with E-state index >= 15 is 0 Å². The highest BCUT2D eigenvalue weighted by Gasteiger charge is 2.52. The lowest BCUT2D eigenvalue weighted by Gasteiger charge is -2.30. The van der Waals surface area contributed by atoms with Crippen molar-refractivity contribution in [2.24, 2.45) is 0 Å². The smallest absolute Gasteiger partial charge is 0.0725 e. The molecule has 12 aromatic rings. The standard InChI is InChI=1S/C65H42N2/c1-2-20-45(21-3-1)66(47-40-41-63-56(42-47)53-27-11-15-34-62(53)67(63)61-35-16-19-43-18-4-5-23-49(43)61)46-38-36-44(37-39-46)48-22-6-7-24-50(48)54-29-17-33-60-64(54)55-28-10-14-32-59(55)65(60)57-30-12-8-25-51(57)52-26-9-13-31-58(52)65/h1-42H. The molecule has 0 atom stereocenters. The number of rotatable bonds is 6. The number of nitrogens with zero attached hydrogens (tertiary/aromatic N) is 2. The van der Waals surface area contributed by atoms with Crippen LogP contribution < -0.4 is 4.90 Å². The monoisotopic (exact) mass is 850 g/mol. The molecule has 0 N–H and O–H groups in total. The first kappa shape index (κ1) is 37.6. The Morgan fingerprint density at radius 2 is 0.806 bits per heavy atom. The number of anilines is 3. The lowest BCUT2D eigenvalue weighted by molar-refractivity contribution is 0.794. The van der Waals surface area contributed by atoms with Crippen LogP contribution in [0.3, 0.4) is 0 Å². The maximum absolute atomic E-state index is 2.43. The quantitative estimate of drug-likeness (QED) is 0.162. The van der Waals surface area contributed by atoms with E-state index in [-0.39, 0.29) is 5.41 Å². The van der Waals surface area contributed by atoms with Crippen LogP contribution in [0.15, 0.2) is 255 Å². The van der Waals surface area contributed by atoms with Crippen molar-refractivity contribution in [2.45, 2.75) is 5.41 Å². The number of aromatic nitrogens is 1. The van der Waals surface area contributed by atoms with Gasteiger partial charge in [-0.1, -0.05) is 200 Å². The molecule has 2 heteroatoms. The minimum absolute atomic E-state index is 0.388. The van der Waals surface area contributed by atoms with Crippen LogP contribution in [-0.4, -0.2) is 4.57 Å². The Kier molecular flexibility index (Phi) is 8.23. The van der Waals surface area contributed by atoms with E-state index in [4.69, 9.17) is 0 Å². The van der Waals surface area contributed by atoms with Gasteiger partial charge in [-0.3, -0.25) is 0 Å². The average Bonchev–Trinajstić information content (AvgIpc) is 4.01. The fourth-order valence-corrected chi connectivity index (χ4v) is 11.9. The van der Waals surface area contributed by atoms with Gasteiger partial charge >= 0.3 is 0 Å². The summed E-state index contributed by atoms with van der Waals surface area (Å²) in [6, 6.07) is 94.1. The molecule has 0 saturated carbocycles. The molecule has 2 aliphatic carbocycles. The summed E-state index contributed by atoms with van der Waals surface area (Å²) >= 11 is 0. The Bertz CT molecular complexity index is 3880. The van der Waals surface area contributed by atoms with Crippen molar-refractivity contribution in [1.82, 2.24) is 4.57 Å². The van der Waals surface area contributed by atoms with E-state index < -0.39 is 0 Å². The van der Waals surface area contributed by atoms with E-state index in [9.17, 15) is 0 Å². The predicted molar refractivity (Wildman–Crippen MR) is 280 cm³/mol. The summed E-state index contributed by atoms with van der Waals surface area (Å²) in [5.74, 6) is 0. The van der Waals surface area contributed by atoms with Crippen molar-refractivity contribution in [3.8, 4) is 50.2 Å². The van der Waals surface area contributed by atoms with Gasteiger partial charge in [0.2, 0.25) is 0 Å². The van der Waals surface area contributed by atoms with Gasteiger partial charge in [-0.25, -0.2) is 0 Å². The summed E-state index contributed by atoms with van der Waals surface area (Å²) in [5, 5.41) is 4.92. The molecule has 67 heavy (non-hydrogen) atoms. The third kappa shape index (κ3) is 5.39. The van der Waals surface area contributed by atoms with Crippen molar-refractivity contribution in [1.29, 1.82) is 0 Å². The maximum atomic E-state index is 2.43. The Hall–Kier alpha value is -8.72.